The third kappa shape index (κ3) is 4.29. The molecule has 2 aromatic carbocycles. The van der Waals surface area contributed by atoms with E-state index in [0.29, 0.717) is 28.0 Å². The maximum atomic E-state index is 12.2. The standard InChI is InChI=1S/C19H17ClN4O2/c1-12-3-8-15(20)17(11-12)22-19(25)21-14-6-4-13(5-7-14)16-9-10-18(26-2)24-23-16/h3-11H,1-2H3,(H2,21,22,25). The van der Waals surface area contributed by atoms with Gasteiger partial charge in [0.15, 0.2) is 0 Å². The van der Waals surface area contributed by atoms with E-state index in [4.69, 9.17) is 16.3 Å². The number of aryl methyl sites for hydroxylation is 1. The zero-order valence-electron chi connectivity index (χ0n) is 14.3. The molecule has 26 heavy (non-hydrogen) atoms. The number of carbonyl (C=O) groups excluding carboxylic acids is 1. The molecular weight excluding hydrogens is 352 g/mol. The van der Waals surface area contributed by atoms with E-state index in [9.17, 15) is 4.79 Å². The largest absolute Gasteiger partial charge is 0.480 e. The molecule has 0 bridgehead atoms. The first-order chi connectivity index (χ1) is 12.5. The van der Waals surface area contributed by atoms with Gasteiger partial charge in [-0.3, -0.25) is 0 Å². The molecule has 2 amide bonds. The van der Waals surface area contributed by atoms with Crippen LogP contribution in [0.3, 0.4) is 0 Å². The average molecular weight is 369 g/mol. The number of aromatic nitrogens is 2. The Hall–Kier alpha value is -3.12. The first kappa shape index (κ1) is 17.7. The van der Waals surface area contributed by atoms with Crippen molar-refractivity contribution in [2.75, 3.05) is 17.7 Å². The van der Waals surface area contributed by atoms with Crippen molar-refractivity contribution in [3.8, 4) is 17.1 Å². The molecule has 0 aliphatic rings. The molecule has 0 saturated carbocycles. The summed E-state index contributed by atoms with van der Waals surface area (Å²) in [5.41, 5.74) is 3.82. The maximum absolute atomic E-state index is 12.2. The van der Waals surface area contributed by atoms with Gasteiger partial charge < -0.3 is 15.4 Å². The van der Waals surface area contributed by atoms with Crippen LogP contribution in [-0.4, -0.2) is 23.3 Å². The quantitative estimate of drug-likeness (QED) is 0.696. The molecule has 1 aromatic heterocycles. The second-order valence-corrected chi connectivity index (χ2v) is 6.01. The van der Waals surface area contributed by atoms with Crippen LogP contribution in [0.2, 0.25) is 5.02 Å². The Morgan fingerprint density at radius 3 is 2.42 bits per heavy atom. The molecule has 7 heteroatoms. The van der Waals surface area contributed by atoms with E-state index in [0.717, 1.165) is 11.1 Å². The normalized spacial score (nSPS) is 10.3. The van der Waals surface area contributed by atoms with E-state index < -0.39 is 0 Å². The van der Waals surface area contributed by atoms with E-state index in [1.165, 1.54) is 0 Å². The predicted octanol–water partition coefficient (Wildman–Crippen LogP) is 4.76. The summed E-state index contributed by atoms with van der Waals surface area (Å²) >= 11 is 6.09. The van der Waals surface area contributed by atoms with Gasteiger partial charge in [0.05, 0.1) is 23.5 Å². The number of hydrogen-bond acceptors (Lipinski definition) is 4. The van der Waals surface area contributed by atoms with E-state index in [1.807, 2.05) is 37.3 Å². The zero-order valence-corrected chi connectivity index (χ0v) is 15.0. The number of methoxy groups -OCH3 is 1. The Morgan fingerprint density at radius 2 is 1.77 bits per heavy atom. The number of ether oxygens (including phenoxy) is 1. The lowest BCUT2D eigenvalue weighted by atomic mass is 10.1. The summed E-state index contributed by atoms with van der Waals surface area (Å²) in [6.45, 7) is 1.93. The summed E-state index contributed by atoms with van der Waals surface area (Å²) in [6, 6.07) is 15.9. The lowest BCUT2D eigenvalue weighted by Crippen LogP contribution is -2.19. The molecule has 0 aliphatic carbocycles. The fourth-order valence-corrected chi connectivity index (χ4v) is 2.49. The smallest absolute Gasteiger partial charge is 0.323 e. The number of halogens is 1. The van der Waals surface area contributed by atoms with Crippen LogP contribution in [0.4, 0.5) is 16.2 Å². The van der Waals surface area contributed by atoms with Crippen molar-refractivity contribution < 1.29 is 9.53 Å². The molecule has 6 nitrogen and oxygen atoms in total. The number of nitrogens with zero attached hydrogens (tertiary/aromatic N) is 2. The van der Waals surface area contributed by atoms with Crippen molar-refractivity contribution in [1.29, 1.82) is 0 Å². The number of rotatable bonds is 4. The maximum Gasteiger partial charge on any atom is 0.323 e. The zero-order chi connectivity index (χ0) is 18.5. The van der Waals surface area contributed by atoms with Crippen molar-refractivity contribution in [1.82, 2.24) is 10.2 Å². The molecule has 0 unspecified atom stereocenters. The Morgan fingerprint density at radius 1 is 1.00 bits per heavy atom. The number of benzene rings is 2. The third-order valence-electron chi connectivity index (χ3n) is 3.66. The van der Waals surface area contributed by atoms with Crippen LogP contribution in [0.25, 0.3) is 11.3 Å². The summed E-state index contributed by atoms with van der Waals surface area (Å²) in [5, 5.41) is 14.0. The Bertz CT molecular complexity index is 912. The first-order valence-corrected chi connectivity index (χ1v) is 8.25. The van der Waals surface area contributed by atoms with Gasteiger partial charge in [0.1, 0.15) is 0 Å². The molecule has 0 atom stereocenters. The lowest BCUT2D eigenvalue weighted by Gasteiger charge is -2.10. The Balaban J connectivity index is 1.66. The van der Waals surface area contributed by atoms with Gasteiger partial charge >= 0.3 is 6.03 Å². The minimum absolute atomic E-state index is 0.366. The average Bonchev–Trinajstić information content (AvgIpc) is 2.65. The number of hydrogen-bond donors (Lipinski definition) is 2. The highest BCUT2D eigenvalue weighted by molar-refractivity contribution is 6.33. The fourth-order valence-electron chi connectivity index (χ4n) is 2.33. The Labute approximate surface area is 156 Å². The van der Waals surface area contributed by atoms with E-state index in [1.54, 1.807) is 31.4 Å². The van der Waals surface area contributed by atoms with Crippen LogP contribution in [0.15, 0.2) is 54.6 Å². The molecule has 0 radical (unpaired) electrons. The van der Waals surface area contributed by atoms with Gasteiger partial charge in [-0.05, 0) is 42.8 Å². The highest BCUT2D eigenvalue weighted by Crippen LogP contribution is 2.23. The van der Waals surface area contributed by atoms with Gasteiger partial charge in [0.2, 0.25) is 5.88 Å². The van der Waals surface area contributed by atoms with Crippen LogP contribution in [0.1, 0.15) is 5.56 Å². The molecular formula is C19H17ClN4O2. The van der Waals surface area contributed by atoms with Crippen molar-refractivity contribution in [2.45, 2.75) is 6.92 Å². The van der Waals surface area contributed by atoms with Crippen LogP contribution < -0.4 is 15.4 Å². The molecule has 3 rings (SSSR count). The Kier molecular flexibility index (Phi) is 5.34. The number of nitrogens with one attached hydrogen (secondary N) is 2. The molecule has 0 spiro atoms. The predicted molar refractivity (Wildman–Crippen MR) is 103 cm³/mol. The van der Waals surface area contributed by atoms with Crippen LogP contribution >= 0.6 is 11.6 Å². The minimum Gasteiger partial charge on any atom is -0.480 e. The van der Waals surface area contributed by atoms with Crippen molar-refractivity contribution in [3.63, 3.8) is 0 Å². The number of anilines is 2. The van der Waals surface area contributed by atoms with Gasteiger partial charge in [0.25, 0.3) is 0 Å². The van der Waals surface area contributed by atoms with Gasteiger partial charge in [-0.25, -0.2) is 4.79 Å². The molecule has 3 aromatic rings. The van der Waals surface area contributed by atoms with Crippen molar-refractivity contribution in [2.24, 2.45) is 0 Å². The van der Waals surface area contributed by atoms with Gasteiger partial charge in [-0.15, -0.1) is 10.2 Å². The molecule has 0 fully saturated rings. The summed E-state index contributed by atoms with van der Waals surface area (Å²) in [4.78, 5) is 12.2. The summed E-state index contributed by atoms with van der Waals surface area (Å²) in [6.07, 6.45) is 0. The highest BCUT2D eigenvalue weighted by atomic mass is 35.5. The molecule has 2 N–H and O–H groups in total. The van der Waals surface area contributed by atoms with Gasteiger partial charge in [-0.1, -0.05) is 29.8 Å². The van der Waals surface area contributed by atoms with Crippen molar-refractivity contribution >= 4 is 29.0 Å². The SMILES string of the molecule is COc1ccc(-c2ccc(NC(=O)Nc3cc(C)ccc3Cl)cc2)nn1. The second kappa shape index (κ2) is 7.84. The lowest BCUT2D eigenvalue weighted by molar-refractivity contribution is 0.262. The highest BCUT2D eigenvalue weighted by Gasteiger charge is 2.07. The van der Waals surface area contributed by atoms with Crippen LogP contribution in [0.5, 0.6) is 5.88 Å². The summed E-state index contributed by atoms with van der Waals surface area (Å²) in [7, 11) is 1.54. The van der Waals surface area contributed by atoms with Gasteiger partial charge in [0, 0.05) is 17.3 Å². The molecule has 0 aliphatic heterocycles. The topological polar surface area (TPSA) is 76.1 Å². The van der Waals surface area contributed by atoms with Crippen molar-refractivity contribution in [3.05, 3.63) is 65.2 Å². The second-order valence-electron chi connectivity index (χ2n) is 5.60. The number of carbonyl (C=O) groups is 1. The van der Waals surface area contributed by atoms with Crippen LogP contribution in [0, 0.1) is 6.92 Å². The fraction of sp³-hybridized carbons (Fsp3) is 0.105. The monoisotopic (exact) mass is 368 g/mol. The molecule has 132 valence electrons. The van der Waals surface area contributed by atoms with E-state index in [2.05, 4.69) is 20.8 Å². The summed E-state index contributed by atoms with van der Waals surface area (Å²) < 4.78 is 5.00. The van der Waals surface area contributed by atoms with E-state index >= 15 is 0 Å². The van der Waals surface area contributed by atoms with Crippen LogP contribution in [-0.2, 0) is 0 Å². The number of amides is 2. The third-order valence-corrected chi connectivity index (χ3v) is 3.99. The molecule has 0 saturated heterocycles. The van der Waals surface area contributed by atoms with E-state index in [-0.39, 0.29) is 6.03 Å². The molecule has 1 heterocycles. The van der Waals surface area contributed by atoms with Gasteiger partial charge in [-0.2, -0.15) is 0 Å². The first-order valence-electron chi connectivity index (χ1n) is 7.87. The summed E-state index contributed by atoms with van der Waals surface area (Å²) in [5.74, 6) is 0.457. The number of urea groups is 1. The minimum atomic E-state index is -0.366.